The zero-order chi connectivity index (χ0) is 13.8. The highest BCUT2D eigenvalue weighted by Gasteiger charge is 2.54. The second-order valence-electron chi connectivity index (χ2n) is 7.21. The van der Waals surface area contributed by atoms with Gasteiger partial charge in [-0.2, -0.15) is 0 Å². The van der Waals surface area contributed by atoms with Gasteiger partial charge in [0.25, 0.3) is 0 Å². The fraction of sp³-hybridized carbons (Fsp3) is 0.867. The van der Waals surface area contributed by atoms with Crippen molar-refractivity contribution in [3.8, 4) is 0 Å². The Morgan fingerprint density at radius 2 is 1.89 bits per heavy atom. The quantitative estimate of drug-likeness (QED) is 0.626. The van der Waals surface area contributed by atoms with E-state index in [9.17, 15) is 15.3 Å². The molecular weight excluding hydrogens is 228 g/mol. The van der Waals surface area contributed by atoms with Crippen LogP contribution in [0, 0.1) is 17.3 Å². The van der Waals surface area contributed by atoms with Gasteiger partial charge in [-0.1, -0.05) is 19.1 Å². The topological polar surface area (TPSA) is 60.7 Å². The second kappa shape index (κ2) is 4.06. The monoisotopic (exact) mass is 254 g/mol. The molecule has 0 radical (unpaired) electrons. The largest absolute Gasteiger partial charge is 0.390 e. The van der Waals surface area contributed by atoms with Gasteiger partial charge in [0.05, 0.1) is 17.3 Å². The predicted molar refractivity (Wildman–Crippen MR) is 71.0 cm³/mol. The normalized spacial score (nSPS) is 48.9. The molecule has 0 bridgehead atoms. The maximum absolute atomic E-state index is 10.6. The first-order valence-corrected chi connectivity index (χ1v) is 6.89. The van der Waals surface area contributed by atoms with Gasteiger partial charge < -0.3 is 15.3 Å². The second-order valence-corrected chi connectivity index (χ2v) is 7.21. The van der Waals surface area contributed by atoms with Crippen molar-refractivity contribution in [3.05, 3.63) is 12.2 Å². The molecule has 18 heavy (non-hydrogen) atoms. The molecule has 0 aromatic rings. The number of aliphatic hydroxyl groups is 3. The lowest BCUT2D eigenvalue weighted by atomic mass is 9.53. The summed E-state index contributed by atoms with van der Waals surface area (Å²) in [5.41, 5.74) is -1.89. The molecule has 3 N–H and O–H groups in total. The SMILES string of the molecule is CC(C)(O)C1CCC2(C)C(O)C=CC(C)(O)C2C1. The van der Waals surface area contributed by atoms with Gasteiger partial charge in [0.15, 0.2) is 0 Å². The molecule has 2 rings (SSSR count). The van der Waals surface area contributed by atoms with Gasteiger partial charge in [0.1, 0.15) is 0 Å². The fourth-order valence-electron chi connectivity index (χ4n) is 3.85. The van der Waals surface area contributed by atoms with Crippen LogP contribution in [0.3, 0.4) is 0 Å². The minimum Gasteiger partial charge on any atom is -0.390 e. The Hall–Kier alpha value is -0.380. The van der Waals surface area contributed by atoms with Crippen molar-refractivity contribution >= 4 is 0 Å². The fourth-order valence-corrected chi connectivity index (χ4v) is 3.85. The summed E-state index contributed by atoms with van der Waals surface area (Å²) in [6, 6.07) is 0. The molecule has 104 valence electrons. The van der Waals surface area contributed by atoms with Crippen LogP contribution in [-0.2, 0) is 0 Å². The van der Waals surface area contributed by atoms with E-state index >= 15 is 0 Å². The first kappa shape index (κ1) is 14.0. The van der Waals surface area contributed by atoms with Gasteiger partial charge in [0.2, 0.25) is 0 Å². The summed E-state index contributed by atoms with van der Waals surface area (Å²) in [5, 5.41) is 31.0. The number of hydrogen-bond acceptors (Lipinski definition) is 3. The van der Waals surface area contributed by atoms with Crippen molar-refractivity contribution in [3.63, 3.8) is 0 Å². The molecule has 0 heterocycles. The van der Waals surface area contributed by atoms with E-state index in [2.05, 4.69) is 6.92 Å². The molecule has 0 aromatic carbocycles. The zero-order valence-electron chi connectivity index (χ0n) is 11.8. The molecule has 2 aliphatic rings. The van der Waals surface area contributed by atoms with Crippen molar-refractivity contribution in [2.45, 2.75) is 64.3 Å². The van der Waals surface area contributed by atoms with Gasteiger partial charge in [-0.3, -0.25) is 0 Å². The number of rotatable bonds is 1. The van der Waals surface area contributed by atoms with Crippen molar-refractivity contribution in [1.82, 2.24) is 0 Å². The van der Waals surface area contributed by atoms with Gasteiger partial charge in [-0.15, -0.1) is 0 Å². The molecule has 3 nitrogen and oxygen atoms in total. The van der Waals surface area contributed by atoms with E-state index in [0.717, 1.165) is 19.3 Å². The van der Waals surface area contributed by atoms with E-state index in [-0.39, 0.29) is 17.3 Å². The lowest BCUT2D eigenvalue weighted by Crippen LogP contribution is -2.56. The highest BCUT2D eigenvalue weighted by molar-refractivity contribution is 5.19. The summed E-state index contributed by atoms with van der Waals surface area (Å²) < 4.78 is 0. The maximum atomic E-state index is 10.6. The molecule has 5 atom stereocenters. The Morgan fingerprint density at radius 1 is 1.28 bits per heavy atom. The molecular formula is C15H26O3. The van der Waals surface area contributed by atoms with Crippen molar-refractivity contribution in [2.24, 2.45) is 17.3 Å². The zero-order valence-corrected chi connectivity index (χ0v) is 11.8. The van der Waals surface area contributed by atoms with Crippen molar-refractivity contribution < 1.29 is 15.3 Å². The molecule has 0 saturated heterocycles. The number of aliphatic hydroxyl groups excluding tert-OH is 1. The Bertz CT molecular complexity index is 353. The first-order valence-electron chi connectivity index (χ1n) is 6.89. The molecule has 5 unspecified atom stereocenters. The molecule has 0 amide bonds. The lowest BCUT2D eigenvalue weighted by Gasteiger charge is -2.55. The first-order chi connectivity index (χ1) is 8.07. The highest BCUT2D eigenvalue weighted by Crippen LogP contribution is 2.54. The van der Waals surface area contributed by atoms with Gasteiger partial charge in [0, 0.05) is 5.41 Å². The van der Waals surface area contributed by atoms with Crippen LogP contribution in [0.2, 0.25) is 0 Å². The van der Waals surface area contributed by atoms with Crippen LogP contribution in [-0.4, -0.2) is 32.6 Å². The van der Waals surface area contributed by atoms with Crippen molar-refractivity contribution in [2.75, 3.05) is 0 Å². The van der Waals surface area contributed by atoms with Crippen molar-refractivity contribution in [1.29, 1.82) is 0 Å². The molecule has 3 heteroatoms. The summed E-state index contributed by atoms with van der Waals surface area (Å²) in [6.07, 6.45) is 5.45. The smallest absolute Gasteiger partial charge is 0.0835 e. The Morgan fingerprint density at radius 3 is 2.44 bits per heavy atom. The van der Waals surface area contributed by atoms with Gasteiger partial charge >= 0.3 is 0 Å². The molecule has 2 aliphatic carbocycles. The molecule has 0 aliphatic heterocycles. The average molecular weight is 254 g/mol. The maximum Gasteiger partial charge on any atom is 0.0835 e. The highest BCUT2D eigenvalue weighted by atomic mass is 16.3. The van der Waals surface area contributed by atoms with E-state index in [1.54, 1.807) is 12.2 Å². The molecule has 1 saturated carbocycles. The molecule has 0 spiro atoms. The van der Waals surface area contributed by atoms with E-state index in [0.29, 0.717) is 0 Å². The average Bonchev–Trinajstić information content (AvgIpc) is 2.23. The third-order valence-corrected chi connectivity index (χ3v) is 5.34. The van der Waals surface area contributed by atoms with Crippen LogP contribution < -0.4 is 0 Å². The Kier molecular flexibility index (Phi) is 3.16. The van der Waals surface area contributed by atoms with E-state index in [4.69, 9.17) is 0 Å². The number of hydrogen-bond donors (Lipinski definition) is 3. The van der Waals surface area contributed by atoms with E-state index in [1.807, 2.05) is 20.8 Å². The summed E-state index contributed by atoms with van der Waals surface area (Å²) in [5.74, 6) is 0.177. The van der Waals surface area contributed by atoms with Crippen LogP contribution >= 0.6 is 0 Å². The molecule has 0 aromatic heterocycles. The Labute approximate surface area is 110 Å². The third kappa shape index (κ3) is 2.13. The van der Waals surface area contributed by atoms with E-state index < -0.39 is 17.3 Å². The van der Waals surface area contributed by atoms with Crippen LogP contribution in [0.1, 0.15) is 47.0 Å². The molecule has 1 fully saturated rings. The minimum atomic E-state index is -0.891. The summed E-state index contributed by atoms with van der Waals surface area (Å²) in [4.78, 5) is 0. The predicted octanol–water partition coefficient (Wildman–Crippen LogP) is 1.86. The van der Waals surface area contributed by atoms with Gasteiger partial charge in [-0.05, 0) is 51.9 Å². The Balaban J connectivity index is 2.31. The van der Waals surface area contributed by atoms with E-state index in [1.165, 1.54) is 0 Å². The van der Waals surface area contributed by atoms with Crippen LogP contribution in [0.15, 0.2) is 12.2 Å². The van der Waals surface area contributed by atoms with Crippen LogP contribution in [0.4, 0.5) is 0 Å². The lowest BCUT2D eigenvalue weighted by molar-refractivity contribution is -0.135. The summed E-state index contributed by atoms with van der Waals surface area (Å²) in [6.45, 7) is 7.54. The van der Waals surface area contributed by atoms with Crippen LogP contribution in [0.5, 0.6) is 0 Å². The van der Waals surface area contributed by atoms with Crippen LogP contribution in [0.25, 0.3) is 0 Å². The standard InChI is InChI=1S/C15H26O3/c1-13(2,17)10-5-7-14(3)11(9-10)15(4,18)8-6-12(14)16/h6,8,10-12,16-18H,5,7,9H2,1-4H3. The third-order valence-electron chi connectivity index (χ3n) is 5.34. The summed E-state index contributed by atoms with van der Waals surface area (Å²) >= 11 is 0. The minimum absolute atomic E-state index is 0.00447. The number of fused-ring (bicyclic) bond motifs is 1. The van der Waals surface area contributed by atoms with Gasteiger partial charge in [-0.25, -0.2) is 0 Å². The summed E-state index contributed by atoms with van der Waals surface area (Å²) in [7, 11) is 0.